The van der Waals surface area contributed by atoms with Gasteiger partial charge in [0.25, 0.3) is 0 Å². The zero-order chi connectivity index (χ0) is 35.3. The van der Waals surface area contributed by atoms with Gasteiger partial charge in [0.1, 0.15) is 6.10 Å². The lowest BCUT2D eigenvalue weighted by Crippen LogP contribution is -2.50. The number of esters is 1. The molecule has 8 atom stereocenters. The molecular formula is C42H81NO3. The van der Waals surface area contributed by atoms with Crippen molar-refractivity contribution in [3.63, 3.8) is 0 Å². The number of hydrogen-bond acceptors (Lipinski definition) is 3. The molecule has 1 amide bonds. The summed E-state index contributed by atoms with van der Waals surface area (Å²) in [4.78, 5) is 22.7. The number of fused-ring (bicyclic) bond motifs is 5. The van der Waals surface area contributed by atoms with Gasteiger partial charge in [-0.25, -0.2) is 0 Å². The molecule has 4 aliphatic rings. The molecule has 4 heteroatoms. The van der Waals surface area contributed by atoms with E-state index in [-0.39, 0.29) is 23.9 Å². The molecule has 3 fully saturated rings. The molecule has 4 nitrogen and oxygen atoms in total. The number of carbonyl (C=O) groups is 2. The summed E-state index contributed by atoms with van der Waals surface area (Å²) in [7, 11) is 1.69. The summed E-state index contributed by atoms with van der Waals surface area (Å²) in [5.74, 6) is 3.99. The van der Waals surface area contributed by atoms with Crippen molar-refractivity contribution in [3.05, 3.63) is 11.6 Å². The largest absolute Gasteiger partial charge is 0.462 e. The molecule has 0 aromatic carbocycles. The van der Waals surface area contributed by atoms with Crippen molar-refractivity contribution < 1.29 is 14.3 Å². The maximum Gasteiger partial charge on any atom is 0.305 e. The molecule has 0 radical (unpaired) electrons. The Labute approximate surface area is 288 Å². The minimum absolute atomic E-state index is 0.0257. The third-order valence-corrected chi connectivity index (χ3v) is 11.9. The summed E-state index contributed by atoms with van der Waals surface area (Å²) < 4.78 is 5.74. The summed E-state index contributed by atoms with van der Waals surface area (Å²) in [6.07, 6.45) is 24.1. The van der Waals surface area contributed by atoms with Crippen LogP contribution in [-0.4, -0.2) is 25.0 Å². The fourth-order valence-electron chi connectivity index (χ4n) is 9.29. The minimum Gasteiger partial charge on any atom is -0.462 e. The normalized spacial score (nSPS) is 31.0. The third-order valence-electron chi connectivity index (χ3n) is 11.9. The van der Waals surface area contributed by atoms with Gasteiger partial charge < -0.3 is 10.1 Å². The Morgan fingerprint density at radius 1 is 0.870 bits per heavy atom. The quantitative estimate of drug-likeness (QED) is 0.138. The number of rotatable bonds is 11. The molecule has 46 heavy (non-hydrogen) atoms. The second-order valence-electron chi connectivity index (χ2n) is 14.3. The fourth-order valence-corrected chi connectivity index (χ4v) is 9.29. The van der Waals surface area contributed by atoms with E-state index in [2.05, 4.69) is 39.1 Å². The highest BCUT2D eigenvalue weighted by Crippen LogP contribution is 2.66. The maximum absolute atomic E-state index is 11.8. The van der Waals surface area contributed by atoms with Crippen LogP contribution in [0.25, 0.3) is 0 Å². The van der Waals surface area contributed by atoms with Gasteiger partial charge >= 0.3 is 5.97 Å². The van der Waals surface area contributed by atoms with Gasteiger partial charge in [0, 0.05) is 25.8 Å². The molecule has 0 saturated heterocycles. The van der Waals surface area contributed by atoms with Gasteiger partial charge in [-0.3, -0.25) is 9.59 Å². The first-order chi connectivity index (χ1) is 22.1. The predicted molar refractivity (Wildman–Crippen MR) is 201 cm³/mol. The molecule has 3 saturated carbocycles. The van der Waals surface area contributed by atoms with Crippen molar-refractivity contribution >= 4 is 11.9 Å². The SMILES string of the molecule is CC.CC.CC.CCCCC(C)C(=O)NC.CCCCCCC1CCC2C3CC=C4CC(OC(=O)CC)CCC4(C)C3CCC12C. The van der Waals surface area contributed by atoms with Crippen LogP contribution in [0.3, 0.4) is 0 Å². The molecule has 4 rings (SSSR count). The summed E-state index contributed by atoms with van der Waals surface area (Å²) >= 11 is 0. The van der Waals surface area contributed by atoms with E-state index >= 15 is 0 Å². The van der Waals surface area contributed by atoms with Gasteiger partial charge in [-0.05, 0) is 92.3 Å². The lowest BCUT2D eigenvalue weighted by molar-refractivity contribution is -0.151. The van der Waals surface area contributed by atoms with Crippen molar-refractivity contribution in [2.24, 2.45) is 40.4 Å². The second-order valence-corrected chi connectivity index (χ2v) is 14.3. The van der Waals surface area contributed by atoms with E-state index in [4.69, 9.17) is 4.74 Å². The van der Waals surface area contributed by atoms with E-state index in [1.54, 1.807) is 12.6 Å². The number of hydrogen-bond donors (Lipinski definition) is 1. The molecule has 0 aromatic heterocycles. The standard InChI is InChI=1S/C28H46O2.C8H17NO.3C2H6/c1-5-7-8-9-10-20-12-14-24-23-13-11-21-19-22(30-26(29)6-2)15-17-28(21,4)25(23)16-18-27(20,24)3;1-4-5-6-7(2)8(10)9-3;3*1-2/h11,20,22-25H,5-10,12-19H2,1-4H3;7H,4-6H2,1-3H3,(H,9,10);3*1-2H3. The highest BCUT2D eigenvalue weighted by atomic mass is 16.5. The van der Waals surface area contributed by atoms with Gasteiger partial charge in [-0.2, -0.15) is 0 Å². The fraction of sp³-hybridized carbons (Fsp3) is 0.905. The monoisotopic (exact) mass is 648 g/mol. The second kappa shape index (κ2) is 23.9. The molecule has 4 aliphatic carbocycles. The summed E-state index contributed by atoms with van der Waals surface area (Å²) in [5.41, 5.74) is 2.59. The molecule has 0 aliphatic heterocycles. The smallest absolute Gasteiger partial charge is 0.305 e. The average molecular weight is 648 g/mol. The van der Waals surface area contributed by atoms with Crippen LogP contribution in [0.5, 0.6) is 0 Å². The average Bonchev–Trinajstić information content (AvgIpc) is 3.44. The van der Waals surface area contributed by atoms with Gasteiger partial charge in [-0.15, -0.1) is 0 Å². The number of nitrogens with one attached hydrogen (secondary N) is 1. The van der Waals surface area contributed by atoms with Gasteiger partial charge in [-0.1, -0.05) is 133 Å². The Morgan fingerprint density at radius 2 is 1.52 bits per heavy atom. The number of unbranched alkanes of at least 4 members (excludes halogenated alkanes) is 4. The van der Waals surface area contributed by atoms with Crippen LogP contribution >= 0.6 is 0 Å². The molecule has 8 unspecified atom stereocenters. The third kappa shape index (κ3) is 12.0. The van der Waals surface area contributed by atoms with Crippen LogP contribution in [0, 0.1) is 40.4 Å². The zero-order valence-electron chi connectivity index (χ0n) is 33.3. The Kier molecular flexibility index (Phi) is 23.2. The van der Waals surface area contributed by atoms with Crippen LogP contribution in [0.2, 0.25) is 0 Å². The van der Waals surface area contributed by atoms with E-state index in [1.807, 2.05) is 55.4 Å². The number of amides is 1. The van der Waals surface area contributed by atoms with Crippen molar-refractivity contribution in [2.75, 3.05) is 7.05 Å². The number of ether oxygens (including phenoxy) is 1. The van der Waals surface area contributed by atoms with Crippen LogP contribution in [-0.2, 0) is 14.3 Å². The topological polar surface area (TPSA) is 55.4 Å². The summed E-state index contributed by atoms with van der Waals surface area (Å²) in [6.45, 7) is 25.6. The van der Waals surface area contributed by atoms with Gasteiger partial charge in [0.2, 0.25) is 5.91 Å². The molecule has 0 aromatic rings. The molecule has 1 N–H and O–H groups in total. The Balaban J connectivity index is 0.00000107. The highest BCUT2D eigenvalue weighted by molar-refractivity contribution is 5.77. The van der Waals surface area contributed by atoms with Gasteiger partial charge in [0.05, 0.1) is 0 Å². The number of carbonyl (C=O) groups excluding carboxylic acids is 2. The molecule has 272 valence electrons. The van der Waals surface area contributed by atoms with Gasteiger partial charge in [0.15, 0.2) is 0 Å². The lowest BCUT2D eigenvalue weighted by Gasteiger charge is -2.58. The first-order valence-corrected chi connectivity index (χ1v) is 20.2. The van der Waals surface area contributed by atoms with Crippen LogP contribution in [0.4, 0.5) is 0 Å². The molecule has 0 heterocycles. The van der Waals surface area contributed by atoms with Crippen molar-refractivity contribution in [1.29, 1.82) is 0 Å². The molecular weight excluding hydrogens is 566 g/mol. The predicted octanol–water partition coefficient (Wildman–Crippen LogP) is 12.5. The van der Waals surface area contributed by atoms with E-state index in [0.29, 0.717) is 17.3 Å². The van der Waals surface area contributed by atoms with Crippen LogP contribution in [0.15, 0.2) is 11.6 Å². The zero-order valence-corrected chi connectivity index (χ0v) is 33.3. The first-order valence-electron chi connectivity index (χ1n) is 20.2. The lowest BCUT2D eigenvalue weighted by atomic mass is 9.47. The van der Waals surface area contributed by atoms with E-state index in [0.717, 1.165) is 49.4 Å². The van der Waals surface area contributed by atoms with Crippen LogP contribution < -0.4 is 5.32 Å². The van der Waals surface area contributed by atoms with E-state index < -0.39 is 0 Å². The highest BCUT2D eigenvalue weighted by Gasteiger charge is 2.58. The Morgan fingerprint density at radius 3 is 2.11 bits per heavy atom. The first kappa shape index (κ1) is 44.7. The minimum atomic E-state index is -0.0257. The van der Waals surface area contributed by atoms with Crippen molar-refractivity contribution in [2.45, 2.75) is 198 Å². The Bertz CT molecular complexity index is 852. The molecule has 0 bridgehead atoms. The van der Waals surface area contributed by atoms with Crippen LogP contribution in [0.1, 0.15) is 192 Å². The number of allylic oxidation sites excluding steroid dienone is 1. The van der Waals surface area contributed by atoms with E-state index in [9.17, 15) is 9.59 Å². The summed E-state index contributed by atoms with van der Waals surface area (Å²) in [6, 6.07) is 0. The molecule has 0 spiro atoms. The Hall–Kier alpha value is -1.32. The van der Waals surface area contributed by atoms with E-state index in [1.165, 1.54) is 77.0 Å². The van der Waals surface area contributed by atoms with Crippen molar-refractivity contribution in [3.8, 4) is 0 Å². The maximum atomic E-state index is 11.8. The summed E-state index contributed by atoms with van der Waals surface area (Å²) in [5, 5.41) is 2.63. The van der Waals surface area contributed by atoms with Crippen molar-refractivity contribution in [1.82, 2.24) is 5.32 Å².